The molecule has 1 saturated heterocycles. The van der Waals surface area contributed by atoms with Crippen LogP contribution < -0.4 is 5.46 Å². The first-order chi connectivity index (χ1) is 9.32. The van der Waals surface area contributed by atoms with Crippen LogP contribution in [0.25, 0.3) is 0 Å². The molecule has 0 amide bonds. The fraction of sp³-hybridized carbons (Fsp3) is 0.786. The number of nitrogens with zero attached hydrogens (tertiary/aromatic N) is 2. The van der Waals surface area contributed by atoms with E-state index in [1.54, 1.807) is 7.11 Å². The molecule has 0 spiro atoms. The Bertz CT molecular complexity index is 478. The molecule has 1 aromatic rings. The van der Waals surface area contributed by atoms with Crippen molar-refractivity contribution in [2.24, 2.45) is 0 Å². The zero-order valence-electron chi connectivity index (χ0n) is 12.9. The van der Waals surface area contributed by atoms with Crippen molar-refractivity contribution in [2.45, 2.75) is 63.9 Å². The minimum atomic E-state index is -0.327. The van der Waals surface area contributed by atoms with Crippen LogP contribution in [0.2, 0.25) is 0 Å². The van der Waals surface area contributed by atoms with E-state index in [0.29, 0.717) is 12.1 Å². The van der Waals surface area contributed by atoms with Crippen LogP contribution in [0.3, 0.4) is 0 Å². The lowest BCUT2D eigenvalue weighted by atomic mass is 9.81. The lowest BCUT2D eigenvalue weighted by Crippen LogP contribution is -2.41. The third kappa shape index (κ3) is 2.20. The molecule has 0 atom stereocenters. The number of hydrogen-bond acceptors (Lipinski definition) is 4. The molecule has 1 aromatic heterocycles. The lowest BCUT2D eigenvalue weighted by Gasteiger charge is -2.34. The molecule has 20 heavy (non-hydrogen) atoms. The molecule has 1 saturated carbocycles. The summed E-state index contributed by atoms with van der Waals surface area (Å²) in [5.41, 5.74) is 0.374. The number of rotatable bonds is 3. The average molecular weight is 278 g/mol. The molecule has 0 aromatic carbocycles. The third-order valence-electron chi connectivity index (χ3n) is 4.92. The summed E-state index contributed by atoms with van der Waals surface area (Å²) >= 11 is 0. The number of methoxy groups -OCH3 is 1. The molecule has 3 rings (SSSR count). The van der Waals surface area contributed by atoms with Crippen LogP contribution in [0.5, 0.6) is 0 Å². The van der Waals surface area contributed by atoms with Gasteiger partial charge in [0.05, 0.1) is 23.3 Å². The molecule has 1 aliphatic carbocycles. The van der Waals surface area contributed by atoms with Crippen LogP contribution in [-0.4, -0.2) is 41.3 Å². The molecule has 2 fully saturated rings. The van der Waals surface area contributed by atoms with Crippen LogP contribution in [0, 0.1) is 0 Å². The minimum absolute atomic E-state index is 0.308. The quantitative estimate of drug-likeness (QED) is 0.787. The number of ether oxygens (including phenoxy) is 1. The van der Waals surface area contributed by atoms with Gasteiger partial charge in [-0.25, -0.2) is 0 Å². The van der Waals surface area contributed by atoms with Gasteiger partial charge in [-0.05, 0) is 40.5 Å². The van der Waals surface area contributed by atoms with Crippen molar-refractivity contribution in [1.82, 2.24) is 9.78 Å². The Kier molecular flexibility index (Phi) is 3.23. The first-order valence-corrected chi connectivity index (χ1v) is 7.25. The predicted molar refractivity (Wildman–Crippen MR) is 77.0 cm³/mol. The molecule has 2 aliphatic rings. The fourth-order valence-corrected chi connectivity index (χ4v) is 2.60. The topological polar surface area (TPSA) is 45.5 Å². The van der Waals surface area contributed by atoms with E-state index in [9.17, 15) is 0 Å². The summed E-state index contributed by atoms with van der Waals surface area (Å²) in [5.74, 6) is 0. The zero-order valence-corrected chi connectivity index (χ0v) is 12.9. The molecule has 1 aliphatic heterocycles. The van der Waals surface area contributed by atoms with Gasteiger partial charge in [0.1, 0.15) is 0 Å². The monoisotopic (exact) mass is 278 g/mol. The SMILES string of the molecule is COC1CC(n2cc(B3OC(C)(C)C(C)(C)O3)cn2)C1. The molecule has 0 unspecified atom stereocenters. The van der Waals surface area contributed by atoms with E-state index in [1.807, 2.05) is 17.1 Å². The molecule has 0 N–H and O–H groups in total. The van der Waals surface area contributed by atoms with Gasteiger partial charge in [-0.2, -0.15) is 5.10 Å². The Hall–Kier alpha value is -0.845. The van der Waals surface area contributed by atoms with E-state index in [2.05, 4.69) is 32.8 Å². The van der Waals surface area contributed by atoms with Crippen molar-refractivity contribution in [3.63, 3.8) is 0 Å². The highest BCUT2D eigenvalue weighted by atomic mass is 16.7. The van der Waals surface area contributed by atoms with Crippen molar-refractivity contribution in [2.75, 3.05) is 7.11 Å². The summed E-state index contributed by atoms with van der Waals surface area (Å²) < 4.78 is 19.4. The summed E-state index contributed by atoms with van der Waals surface area (Å²) in [6.07, 6.45) is 6.33. The highest BCUT2D eigenvalue weighted by Gasteiger charge is 2.52. The molecule has 6 heteroatoms. The predicted octanol–water partition coefficient (Wildman–Crippen LogP) is 1.53. The second kappa shape index (κ2) is 4.58. The highest BCUT2D eigenvalue weighted by molar-refractivity contribution is 6.61. The lowest BCUT2D eigenvalue weighted by molar-refractivity contribution is 0.00251. The van der Waals surface area contributed by atoms with Crippen molar-refractivity contribution in [1.29, 1.82) is 0 Å². The number of hydrogen-bond donors (Lipinski definition) is 0. The van der Waals surface area contributed by atoms with E-state index in [4.69, 9.17) is 14.0 Å². The molecule has 0 bridgehead atoms. The van der Waals surface area contributed by atoms with Gasteiger partial charge >= 0.3 is 7.12 Å². The molecule has 2 heterocycles. The van der Waals surface area contributed by atoms with Gasteiger partial charge in [-0.15, -0.1) is 0 Å². The zero-order chi connectivity index (χ0) is 14.5. The van der Waals surface area contributed by atoms with Crippen molar-refractivity contribution < 1.29 is 14.0 Å². The van der Waals surface area contributed by atoms with Crippen LogP contribution in [0.4, 0.5) is 0 Å². The first kappa shape index (κ1) is 14.1. The van der Waals surface area contributed by atoms with E-state index < -0.39 is 0 Å². The van der Waals surface area contributed by atoms with Crippen LogP contribution in [0.1, 0.15) is 46.6 Å². The Balaban J connectivity index is 1.70. The molecule has 0 radical (unpaired) electrons. The third-order valence-corrected chi connectivity index (χ3v) is 4.92. The maximum Gasteiger partial charge on any atom is 0.498 e. The van der Waals surface area contributed by atoms with Crippen LogP contribution in [0.15, 0.2) is 12.4 Å². The molecule has 5 nitrogen and oxygen atoms in total. The second-order valence-corrected chi connectivity index (χ2v) is 6.82. The first-order valence-electron chi connectivity index (χ1n) is 7.25. The minimum Gasteiger partial charge on any atom is -0.399 e. The Morgan fingerprint density at radius 3 is 2.40 bits per heavy atom. The normalized spacial score (nSPS) is 31.4. The van der Waals surface area contributed by atoms with Crippen molar-refractivity contribution >= 4 is 12.6 Å². The summed E-state index contributed by atoms with van der Waals surface area (Å²) in [7, 11) is 1.44. The fourth-order valence-electron chi connectivity index (χ4n) is 2.60. The summed E-state index contributed by atoms with van der Waals surface area (Å²) in [6.45, 7) is 8.25. The van der Waals surface area contributed by atoms with E-state index >= 15 is 0 Å². The van der Waals surface area contributed by atoms with Gasteiger partial charge in [0.25, 0.3) is 0 Å². The second-order valence-electron chi connectivity index (χ2n) is 6.82. The maximum absolute atomic E-state index is 6.04. The van der Waals surface area contributed by atoms with Gasteiger partial charge in [0, 0.05) is 25.0 Å². The summed E-state index contributed by atoms with van der Waals surface area (Å²) in [6, 6.07) is 0.441. The standard InChI is InChI=1S/C14H23BN2O3/c1-13(2)14(3,4)20-15(19-13)10-8-16-17(9-10)11-6-12(7-11)18-5/h8-9,11-12H,6-7H2,1-5H3. The average Bonchev–Trinajstić information content (AvgIpc) is 2.82. The van der Waals surface area contributed by atoms with Crippen LogP contribution >= 0.6 is 0 Å². The summed E-state index contributed by atoms with van der Waals surface area (Å²) in [4.78, 5) is 0. The smallest absolute Gasteiger partial charge is 0.399 e. The molecular formula is C14H23BN2O3. The van der Waals surface area contributed by atoms with E-state index in [1.165, 1.54) is 0 Å². The van der Waals surface area contributed by atoms with Crippen molar-refractivity contribution in [3.05, 3.63) is 12.4 Å². The summed E-state index contributed by atoms with van der Waals surface area (Å²) in [5, 5.41) is 4.45. The van der Waals surface area contributed by atoms with Crippen LogP contribution in [-0.2, 0) is 14.0 Å². The number of aromatic nitrogens is 2. The van der Waals surface area contributed by atoms with E-state index in [0.717, 1.165) is 18.3 Å². The Labute approximate surface area is 120 Å². The van der Waals surface area contributed by atoms with Gasteiger partial charge in [-0.3, -0.25) is 4.68 Å². The maximum atomic E-state index is 6.04. The van der Waals surface area contributed by atoms with E-state index in [-0.39, 0.29) is 18.3 Å². The molecule has 110 valence electrons. The van der Waals surface area contributed by atoms with Gasteiger partial charge < -0.3 is 14.0 Å². The highest BCUT2D eigenvalue weighted by Crippen LogP contribution is 2.37. The van der Waals surface area contributed by atoms with Gasteiger partial charge in [0.15, 0.2) is 0 Å². The Morgan fingerprint density at radius 1 is 1.25 bits per heavy atom. The largest absolute Gasteiger partial charge is 0.498 e. The van der Waals surface area contributed by atoms with Gasteiger partial charge in [-0.1, -0.05) is 0 Å². The van der Waals surface area contributed by atoms with Crippen molar-refractivity contribution in [3.8, 4) is 0 Å². The molecular weight excluding hydrogens is 255 g/mol. The van der Waals surface area contributed by atoms with Gasteiger partial charge in [0.2, 0.25) is 0 Å². The Morgan fingerprint density at radius 2 is 1.85 bits per heavy atom.